The Bertz CT molecular complexity index is 1020. The number of aliphatic hydroxyl groups excluding tert-OH is 1. The maximum absolute atomic E-state index is 12.6. The fraction of sp³-hybridized carbons (Fsp3) is 0.391. The molecule has 3 aliphatic rings. The van der Waals surface area contributed by atoms with Gasteiger partial charge in [0.25, 0.3) is 11.8 Å². The number of carbonyl (C=O) groups excluding carboxylic acids is 2. The van der Waals surface area contributed by atoms with Crippen LogP contribution in [-0.4, -0.2) is 64.7 Å². The van der Waals surface area contributed by atoms with Gasteiger partial charge in [-0.05, 0) is 35.7 Å². The van der Waals surface area contributed by atoms with E-state index in [1.165, 1.54) is 11.1 Å². The third-order valence-corrected chi connectivity index (χ3v) is 7.40. The molecule has 7 nitrogen and oxygen atoms in total. The van der Waals surface area contributed by atoms with Crippen molar-refractivity contribution in [3.8, 4) is 5.75 Å². The van der Waals surface area contributed by atoms with Crippen LogP contribution in [-0.2, 0) is 17.8 Å². The van der Waals surface area contributed by atoms with Gasteiger partial charge in [-0.3, -0.25) is 14.5 Å². The lowest BCUT2D eigenvalue weighted by atomic mass is 10.00. The molecule has 31 heavy (non-hydrogen) atoms. The zero-order chi connectivity index (χ0) is 21.4. The average molecular weight is 440 g/mol. The number of thioether (sulfide) groups is 1. The lowest BCUT2D eigenvalue weighted by molar-refractivity contribution is -0.129. The molecule has 0 saturated carbocycles. The van der Waals surface area contributed by atoms with Crippen LogP contribution in [0.15, 0.2) is 42.5 Å². The number of ether oxygens (including phenoxy) is 1. The van der Waals surface area contributed by atoms with Crippen LogP contribution < -0.4 is 15.4 Å². The second kappa shape index (κ2) is 8.18. The Kier molecular flexibility index (Phi) is 5.37. The zero-order valence-corrected chi connectivity index (χ0v) is 17.9. The van der Waals surface area contributed by atoms with Crippen LogP contribution in [0, 0.1) is 0 Å². The number of fused-ring (bicyclic) bond motifs is 2. The highest BCUT2D eigenvalue weighted by Crippen LogP contribution is 2.42. The molecule has 162 valence electrons. The van der Waals surface area contributed by atoms with Crippen molar-refractivity contribution >= 4 is 29.3 Å². The Morgan fingerprint density at radius 3 is 2.84 bits per heavy atom. The standard InChI is InChI=1S/C23H25N3O4S/c27-18(12-26-8-7-15-3-1-2-4-17(15)11-26)10-24-21(28)16-5-6-20-19(9-16)25-22(29)23(30-20)13-31-14-23/h1-6,9,18,27H,7-8,10-14H2,(H,24,28)(H,25,29)/t18-/m0/s1. The first-order valence-corrected chi connectivity index (χ1v) is 11.7. The Labute approximate surface area is 185 Å². The number of benzene rings is 2. The monoisotopic (exact) mass is 439 g/mol. The van der Waals surface area contributed by atoms with Gasteiger partial charge in [-0.25, -0.2) is 0 Å². The van der Waals surface area contributed by atoms with Crippen molar-refractivity contribution in [1.29, 1.82) is 0 Å². The molecule has 0 radical (unpaired) electrons. The Morgan fingerprint density at radius 2 is 2.06 bits per heavy atom. The van der Waals surface area contributed by atoms with Gasteiger partial charge >= 0.3 is 0 Å². The highest BCUT2D eigenvalue weighted by molar-refractivity contribution is 8.01. The summed E-state index contributed by atoms with van der Waals surface area (Å²) in [5, 5.41) is 16.1. The Hall–Kier alpha value is -2.55. The molecule has 1 fully saturated rings. The van der Waals surface area contributed by atoms with Crippen LogP contribution in [0.25, 0.3) is 0 Å². The van der Waals surface area contributed by atoms with Gasteiger partial charge in [0, 0.05) is 43.2 Å². The summed E-state index contributed by atoms with van der Waals surface area (Å²) >= 11 is 1.67. The van der Waals surface area contributed by atoms with Crippen LogP contribution in [0.4, 0.5) is 5.69 Å². The Balaban J connectivity index is 1.15. The van der Waals surface area contributed by atoms with Crippen LogP contribution in [0.2, 0.25) is 0 Å². The lowest BCUT2D eigenvalue weighted by Crippen LogP contribution is -2.60. The lowest BCUT2D eigenvalue weighted by Gasteiger charge is -2.42. The van der Waals surface area contributed by atoms with Gasteiger partial charge in [0.2, 0.25) is 5.60 Å². The van der Waals surface area contributed by atoms with Gasteiger partial charge in [0.15, 0.2) is 0 Å². The van der Waals surface area contributed by atoms with Gasteiger partial charge < -0.3 is 20.5 Å². The topological polar surface area (TPSA) is 90.9 Å². The summed E-state index contributed by atoms with van der Waals surface area (Å²) < 4.78 is 5.90. The molecule has 0 unspecified atom stereocenters. The number of hydrogen-bond donors (Lipinski definition) is 3. The molecule has 5 rings (SSSR count). The summed E-state index contributed by atoms with van der Waals surface area (Å²) in [5.74, 6) is 1.42. The summed E-state index contributed by atoms with van der Waals surface area (Å²) in [6, 6.07) is 13.4. The molecule has 0 aromatic heterocycles. The van der Waals surface area contributed by atoms with Gasteiger partial charge in [-0.2, -0.15) is 11.8 Å². The third kappa shape index (κ3) is 4.03. The molecule has 3 aliphatic heterocycles. The van der Waals surface area contributed by atoms with Crippen LogP contribution in [0.1, 0.15) is 21.5 Å². The number of amides is 2. The minimum atomic E-state index is -0.763. The highest BCUT2D eigenvalue weighted by Gasteiger charge is 2.50. The number of nitrogens with one attached hydrogen (secondary N) is 2. The minimum Gasteiger partial charge on any atom is -0.473 e. The molecule has 1 saturated heterocycles. The van der Waals surface area contributed by atoms with Crippen LogP contribution in [0.5, 0.6) is 5.75 Å². The number of rotatable bonds is 5. The van der Waals surface area contributed by atoms with Crippen LogP contribution in [0.3, 0.4) is 0 Å². The molecule has 8 heteroatoms. The maximum Gasteiger partial charge on any atom is 0.270 e. The quantitative estimate of drug-likeness (QED) is 0.656. The molecule has 0 aliphatic carbocycles. The first-order valence-electron chi connectivity index (χ1n) is 10.5. The van der Waals surface area contributed by atoms with E-state index in [0.29, 0.717) is 35.1 Å². The fourth-order valence-electron chi connectivity index (χ4n) is 4.21. The average Bonchev–Trinajstić information content (AvgIpc) is 2.75. The number of nitrogens with zero attached hydrogens (tertiary/aromatic N) is 1. The largest absolute Gasteiger partial charge is 0.473 e. The first kappa shape index (κ1) is 20.4. The zero-order valence-electron chi connectivity index (χ0n) is 17.1. The van der Waals surface area contributed by atoms with Crippen molar-refractivity contribution in [3.05, 3.63) is 59.2 Å². The van der Waals surface area contributed by atoms with E-state index >= 15 is 0 Å². The number of aliphatic hydroxyl groups is 1. The van der Waals surface area contributed by atoms with Crippen molar-refractivity contribution in [1.82, 2.24) is 10.2 Å². The molecular formula is C23H25N3O4S. The van der Waals surface area contributed by atoms with Crippen molar-refractivity contribution < 1.29 is 19.4 Å². The summed E-state index contributed by atoms with van der Waals surface area (Å²) in [5.41, 5.74) is 2.83. The van der Waals surface area contributed by atoms with E-state index in [2.05, 4.69) is 33.7 Å². The van der Waals surface area contributed by atoms with E-state index in [1.807, 2.05) is 6.07 Å². The third-order valence-electron chi connectivity index (χ3n) is 6.06. The summed E-state index contributed by atoms with van der Waals surface area (Å²) in [6.07, 6.45) is 0.309. The molecule has 0 bridgehead atoms. The summed E-state index contributed by atoms with van der Waals surface area (Å²) in [7, 11) is 0. The van der Waals surface area contributed by atoms with E-state index in [4.69, 9.17) is 4.74 Å². The smallest absolute Gasteiger partial charge is 0.270 e. The molecule has 2 aromatic rings. The SMILES string of the molecule is O=C(NC[C@H](O)CN1CCc2ccccc2C1)c1ccc2c(c1)NC(=O)C1(CSC1)O2. The second-order valence-electron chi connectivity index (χ2n) is 8.37. The van der Waals surface area contributed by atoms with Crippen molar-refractivity contribution in [2.75, 3.05) is 36.5 Å². The van der Waals surface area contributed by atoms with Crippen molar-refractivity contribution in [3.63, 3.8) is 0 Å². The molecule has 2 amide bonds. The summed E-state index contributed by atoms with van der Waals surface area (Å²) in [4.78, 5) is 27.1. The molecule has 3 heterocycles. The minimum absolute atomic E-state index is 0.158. The van der Waals surface area contributed by atoms with Gasteiger partial charge in [0.1, 0.15) is 5.75 Å². The van der Waals surface area contributed by atoms with E-state index < -0.39 is 11.7 Å². The van der Waals surface area contributed by atoms with Gasteiger partial charge in [0.05, 0.1) is 11.8 Å². The Morgan fingerprint density at radius 1 is 1.26 bits per heavy atom. The van der Waals surface area contributed by atoms with Crippen LogP contribution >= 0.6 is 11.8 Å². The molecule has 1 spiro atoms. The van der Waals surface area contributed by atoms with E-state index in [1.54, 1.807) is 30.0 Å². The van der Waals surface area contributed by atoms with Crippen molar-refractivity contribution in [2.24, 2.45) is 0 Å². The first-order chi connectivity index (χ1) is 15.0. The summed E-state index contributed by atoms with van der Waals surface area (Å²) in [6.45, 7) is 2.37. The number of carbonyl (C=O) groups is 2. The highest BCUT2D eigenvalue weighted by atomic mass is 32.2. The normalized spacial score (nSPS) is 20.0. The number of β-amino-alcohol motifs (C(OH)–C–C–N with tert-alkyl or cyclic N) is 1. The second-order valence-corrected chi connectivity index (χ2v) is 9.36. The number of anilines is 1. The molecule has 3 N–H and O–H groups in total. The van der Waals surface area contributed by atoms with E-state index in [0.717, 1.165) is 19.5 Å². The molecular weight excluding hydrogens is 414 g/mol. The van der Waals surface area contributed by atoms with Gasteiger partial charge in [-0.15, -0.1) is 0 Å². The van der Waals surface area contributed by atoms with E-state index in [9.17, 15) is 14.7 Å². The van der Waals surface area contributed by atoms with Gasteiger partial charge in [-0.1, -0.05) is 24.3 Å². The maximum atomic E-state index is 12.6. The predicted molar refractivity (Wildman–Crippen MR) is 120 cm³/mol. The molecule has 1 atom stereocenters. The molecule has 2 aromatic carbocycles. The predicted octanol–water partition coefficient (Wildman–Crippen LogP) is 1.65. The van der Waals surface area contributed by atoms with E-state index in [-0.39, 0.29) is 18.4 Å². The fourth-order valence-corrected chi connectivity index (χ4v) is 5.17. The van der Waals surface area contributed by atoms with Crippen molar-refractivity contribution in [2.45, 2.75) is 24.7 Å². The number of hydrogen-bond acceptors (Lipinski definition) is 6.